The molecule has 6 nitrogen and oxygen atoms in total. The number of ether oxygens (including phenoxy) is 1. The highest BCUT2D eigenvalue weighted by Crippen LogP contribution is 2.13. The second-order valence-electron chi connectivity index (χ2n) is 4.88. The summed E-state index contributed by atoms with van der Waals surface area (Å²) in [6, 6.07) is 9.99. The number of pyridine rings is 1. The van der Waals surface area contributed by atoms with Gasteiger partial charge in [-0.3, -0.25) is 9.78 Å². The molecule has 0 saturated carbocycles. The molecule has 0 radical (unpaired) electrons. The van der Waals surface area contributed by atoms with E-state index in [1.807, 2.05) is 6.07 Å². The number of hydrogen-bond donors (Lipinski definition) is 2. The number of amides is 1. The Morgan fingerprint density at radius 3 is 2.52 bits per heavy atom. The molecule has 1 aromatic heterocycles. The first-order valence-electron chi connectivity index (χ1n) is 7.33. The monoisotopic (exact) mass is 313 g/mol. The SMILES string of the molecule is CCCNc1ccnc(C(=O)Nc2ccc(C(=O)OC)cc2)c1. The molecule has 1 aromatic carbocycles. The number of anilines is 2. The van der Waals surface area contributed by atoms with Crippen LogP contribution in [0.5, 0.6) is 0 Å². The van der Waals surface area contributed by atoms with E-state index in [1.165, 1.54) is 7.11 Å². The van der Waals surface area contributed by atoms with Crippen LogP contribution in [0.25, 0.3) is 0 Å². The molecular weight excluding hydrogens is 294 g/mol. The number of esters is 1. The predicted octanol–water partition coefficient (Wildman–Crippen LogP) is 2.94. The molecule has 2 rings (SSSR count). The van der Waals surface area contributed by atoms with Gasteiger partial charge < -0.3 is 15.4 Å². The third kappa shape index (κ3) is 4.54. The van der Waals surface area contributed by atoms with Crippen molar-refractivity contribution >= 4 is 23.3 Å². The zero-order valence-corrected chi connectivity index (χ0v) is 13.1. The highest BCUT2D eigenvalue weighted by Gasteiger charge is 2.10. The van der Waals surface area contributed by atoms with E-state index in [4.69, 9.17) is 0 Å². The van der Waals surface area contributed by atoms with Crippen molar-refractivity contribution in [2.45, 2.75) is 13.3 Å². The van der Waals surface area contributed by atoms with Crippen LogP contribution in [0.1, 0.15) is 34.2 Å². The smallest absolute Gasteiger partial charge is 0.337 e. The quantitative estimate of drug-likeness (QED) is 0.801. The van der Waals surface area contributed by atoms with Crippen LogP contribution in [0.15, 0.2) is 42.6 Å². The molecule has 2 N–H and O–H groups in total. The Morgan fingerprint density at radius 2 is 1.87 bits per heavy atom. The molecule has 0 aliphatic heterocycles. The molecule has 1 amide bonds. The first-order valence-corrected chi connectivity index (χ1v) is 7.33. The van der Waals surface area contributed by atoms with Crippen LogP contribution in [0.2, 0.25) is 0 Å². The Morgan fingerprint density at radius 1 is 1.13 bits per heavy atom. The van der Waals surface area contributed by atoms with Gasteiger partial charge in [-0.05, 0) is 42.8 Å². The molecule has 0 bridgehead atoms. The Bertz CT molecular complexity index is 684. The minimum atomic E-state index is -0.417. The number of hydrogen-bond acceptors (Lipinski definition) is 5. The van der Waals surface area contributed by atoms with Gasteiger partial charge in [0.2, 0.25) is 0 Å². The van der Waals surface area contributed by atoms with Gasteiger partial charge in [0.25, 0.3) is 5.91 Å². The lowest BCUT2D eigenvalue weighted by Gasteiger charge is -2.08. The first kappa shape index (κ1) is 16.5. The molecule has 0 atom stereocenters. The standard InChI is InChI=1S/C17H19N3O3/c1-3-9-18-14-8-10-19-15(11-14)16(21)20-13-6-4-12(5-7-13)17(22)23-2/h4-8,10-11H,3,9H2,1-2H3,(H,18,19)(H,20,21). The largest absolute Gasteiger partial charge is 0.465 e. The summed E-state index contributed by atoms with van der Waals surface area (Å²) in [5.41, 5.74) is 2.18. The van der Waals surface area contributed by atoms with Crippen LogP contribution in [-0.2, 0) is 4.74 Å². The van der Waals surface area contributed by atoms with Crippen molar-refractivity contribution in [2.75, 3.05) is 24.3 Å². The van der Waals surface area contributed by atoms with E-state index in [2.05, 4.69) is 27.3 Å². The topological polar surface area (TPSA) is 80.3 Å². The Kier molecular flexibility index (Phi) is 5.68. The highest BCUT2D eigenvalue weighted by molar-refractivity contribution is 6.03. The van der Waals surface area contributed by atoms with Gasteiger partial charge in [0, 0.05) is 24.1 Å². The fourth-order valence-corrected chi connectivity index (χ4v) is 1.94. The van der Waals surface area contributed by atoms with Crippen LogP contribution in [0, 0.1) is 0 Å². The van der Waals surface area contributed by atoms with Crippen molar-refractivity contribution in [2.24, 2.45) is 0 Å². The number of methoxy groups -OCH3 is 1. The first-order chi connectivity index (χ1) is 11.1. The van der Waals surface area contributed by atoms with E-state index >= 15 is 0 Å². The van der Waals surface area contributed by atoms with E-state index in [0.29, 0.717) is 16.9 Å². The number of carbonyl (C=O) groups is 2. The van der Waals surface area contributed by atoms with Gasteiger partial charge in [0.05, 0.1) is 12.7 Å². The zero-order valence-electron chi connectivity index (χ0n) is 13.1. The number of benzene rings is 1. The van der Waals surface area contributed by atoms with Crippen molar-refractivity contribution in [3.8, 4) is 0 Å². The summed E-state index contributed by atoms with van der Waals surface area (Å²) < 4.78 is 4.63. The van der Waals surface area contributed by atoms with Gasteiger partial charge in [-0.2, -0.15) is 0 Å². The van der Waals surface area contributed by atoms with E-state index in [-0.39, 0.29) is 5.91 Å². The molecule has 0 unspecified atom stereocenters. The number of nitrogens with one attached hydrogen (secondary N) is 2. The van der Waals surface area contributed by atoms with Crippen molar-refractivity contribution in [3.05, 3.63) is 53.9 Å². The minimum absolute atomic E-state index is 0.309. The van der Waals surface area contributed by atoms with Crippen LogP contribution in [0.3, 0.4) is 0 Å². The van der Waals surface area contributed by atoms with Crippen LogP contribution < -0.4 is 10.6 Å². The van der Waals surface area contributed by atoms with Gasteiger partial charge in [0.15, 0.2) is 0 Å². The van der Waals surface area contributed by atoms with Gasteiger partial charge in [-0.1, -0.05) is 6.92 Å². The number of nitrogens with zero attached hydrogens (tertiary/aromatic N) is 1. The molecule has 0 saturated heterocycles. The van der Waals surface area contributed by atoms with E-state index in [1.54, 1.807) is 36.5 Å². The predicted molar refractivity (Wildman–Crippen MR) is 88.8 cm³/mol. The van der Waals surface area contributed by atoms with E-state index in [9.17, 15) is 9.59 Å². The third-order valence-electron chi connectivity index (χ3n) is 3.14. The summed E-state index contributed by atoms with van der Waals surface area (Å²) in [4.78, 5) is 27.7. The summed E-state index contributed by atoms with van der Waals surface area (Å²) in [5, 5.41) is 5.95. The average molecular weight is 313 g/mol. The van der Waals surface area contributed by atoms with Crippen molar-refractivity contribution in [1.29, 1.82) is 0 Å². The number of aromatic nitrogens is 1. The van der Waals surface area contributed by atoms with Crippen LogP contribution in [-0.4, -0.2) is 30.5 Å². The normalized spacial score (nSPS) is 10.0. The molecule has 23 heavy (non-hydrogen) atoms. The fraction of sp³-hybridized carbons (Fsp3) is 0.235. The van der Waals surface area contributed by atoms with Gasteiger partial charge >= 0.3 is 5.97 Å². The lowest BCUT2D eigenvalue weighted by Crippen LogP contribution is -2.14. The Hall–Kier alpha value is -2.89. The molecule has 1 heterocycles. The summed E-state index contributed by atoms with van der Waals surface area (Å²) >= 11 is 0. The lowest BCUT2D eigenvalue weighted by atomic mass is 10.2. The molecule has 0 aliphatic carbocycles. The summed E-state index contributed by atoms with van der Waals surface area (Å²) in [7, 11) is 1.32. The number of carbonyl (C=O) groups excluding carboxylic acids is 2. The van der Waals surface area contributed by atoms with Crippen molar-refractivity contribution < 1.29 is 14.3 Å². The minimum Gasteiger partial charge on any atom is -0.465 e. The Labute approximate surface area is 134 Å². The van der Waals surface area contributed by atoms with E-state index in [0.717, 1.165) is 18.7 Å². The maximum absolute atomic E-state index is 12.2. The zero-order chi connectivity index (χ0) is 16.7. The summed E-state index contributed by atoms with van der Waals surface area (Å²) in [6.07, 6.45) is 2.59. The highest BCUT2D eigenvalue weighted by atomic mass is 16.5. The third-order valence-corrected chi connectivity index (χ3v) is 3.14. The molecule has 0 fully saturated rings. The number of rotatable bonds is 6. The average Bonchev–Trinajstić information content (AvgIpc) is 2.60. The van der Waals surface area contributed by atoms with Gasteiger partial charge in [-0.15, -0.1) is 0 Å². The summed E-state index contributed by atoms with van der Waals surface area (Å²) in [5.74, 6) is -0.727. The second kappa shape index (κ2) is 7.93. The van der Waals surface area contributed by atoms with Crippen molar-refractivity contribution in [3.63, 3.8) is 0 Å². The second-order valence-corrected chi connectivity index (χ2v) is 4.88. The molecular formula is C17H19N3O3. The van der Waals surface area contributed by atoms with Gasteiger partial charge in [0.1, 0.15) is 5.69 Å². The molecule has 120 valence electrons. The molecule has 0 aliphatic rings. The van der Waals surface area contributed by atoms with Crippen LogP contribution >= 0.6 is 0 Å². The Balaban J connectivity index is 2.05. The lowest BCUT2D eigenvalue weighted by molar-refractivity contribution is 0.0600. The maximum Gasteiger partial charge on any atom is 0.337 e. The summed E-state index contributed by atoms with van der Waals surface area (Å²) in [6.45, 7) is 2.90. The molecule has 6 heteroatoms. The van der Waals surface area contributed by atoms with E-state index < -0.39 is 5.97 Å². The molecule has 2 aromatic rings. The van der Waals surface area contributed by atoms with Crippen LogP contribution in [0.4, 0.5) is 11.4 Å². The van der Waals surface area contributed by atoms with Crippen molar-refractivity contribution in [1.82, 2.24) is 4.98 Å². The fourth-order valence-electron chi connectivity index (χ4n) is 1.94. The molecule has 0 spiro atoms. The van der Waals surface area contributed by atoms with Gasteiger partial charge in [-0.25, -0.2) is 4.79 Å². The maximum atomic E-state index is 12.2.